The van der Waals surface area contributed by atoms with Crippen molar-refractivity contribution >= 4 is 5.91 Å². The van der Waals surface area contributed by atoms with E-state index in [4.69, 9.17) is 5.73 Å². The third-order valence-corrected chi connectivity index (χ3v) is 4.71. The number of benzene rings is 2. The van der Waals surface area contributed by atoms with Gasteiger partial charge in [0.15, 0.2) is 0 Å². The smallest absolute Gasteiger partial charge is 0.246 e. The predicted molar refractivity (Wildman–Crippen MR) is 97.0 cm³/mol. The van der Waals surface area contributed by atoms with Crippen LogP contribution in [0, 0.1) is 0 Å². The van der Waals surface area contributed by atoms with Crippen LogP contribution in [-0.4, -0.2) is 50.1 Å². The molecule has 1 aliphatic heterocycles. The summed E-state index contributed by atoms with van der Waals surface area (Å²) in [5, 5.41) is 12.3. The molecule has 132 valence electrons. The number of carbonyl (C=O) groups excluding carboxylic acids is 1. The number of nitrogens with two attached hydrogens (primary N) is 1. The first-order valence-corrected chi connectivity index (χ1v) is 8.62. The van der Waals surface area contributed by atoms with Crippen molar-refractivity contribution in [2.45, 2.75) is 18.5 Å². The first kappa shape index (κ1) is 16.4. The van der Waals surface area contributed by atoms with Gasteiger partial charge in [0.25, 0.3) is 0 Å². The zero-order valence-electron chi connectivity index (χ0n) is 14.3. The first-order valence-electron chi connectivity index (χ1n) is 8.62. The zero-order valence-corrected chi connectivity index (χ0v) is 14.3. The number of amides is 1. The van der Waals surface area contributed by atoms with Gasteiger partial charge < -0.3 is 10.6 Å². The molecule has 2 heterocycles. The Bertz CT molecular complexity index is 879. The molecule has 2 N–H and O–H groups in total. The summed E-state index contributed by atoms with van der Waals surface area (Å²) in [4.78, 5) is 15.7. The van der Waals surface area contributed by atoms with Gasteiger partial charge in [-0.05, 0) is 10.8 Å². The summed E-state index contributed by atoms with van der Waals surface area (Å²) < 4.78 is 0. The highest BCUT2D eigenvalue weighted by atomic mass is 16.2. The molecule has 0 saturated carbocycles. The standard InChI is InChI=1S/C19H20N6O/c20-17-12-24(11-16(17)14-7-3-1-4-8-14)18(26)13-25-22-19(21-23-25)15-9-5-2-6-10-15/h1-10,16-17H,11-13,20H2/t16-,17+/m0/s1. The van der Waals surface area contributed by atoms with Crippen LogP contribution >= 0.6 is 0 Å². The topological polar surface area (TPSA) is 89.9 Å². The van der Waals surface area contributed by atoms with Gasteiger partial charge in [0.1, 0.15) is 6.54 Å². The van der Waals surface area contributed by atoms with Crippen molar-refractivity contribution in [1.29, 1.82) is 0 Å². The second-order valence-electron chi connectivity index (χ2n) is 6.49. The fourth-order valence-corrected chi connectivity index (χ4v) is 3.32. The second-order valence-corrected chi connectivity index (χ2v) is 6.49. The maximum atomic E-state index is 12.6. The number of rotatable bonds is 4. The number of likely N-dealkylation sites (tertiary alicyclic amines) is 1. The third kappa shape index (κ3) is 3.34. The van der Waals surface area contributed by atoms with E-state index in [0.29, 0.717) is 18.9 Å². The van der Waals surface area contributed by atoms with Crippen molar-refractivity contribution < 1.29 is 4.79 Å². The Hall–Kier alpha value is -3.06. The van der Waals surface area contributed by atoms with Gasteiger partial charge in [-0.2, -0.15) is 4.80 Å². The van der Waals surface area contributed by atoms with Crippen molar-refractivity contribution in [3.8, 4) is 11.4 Å². The molecule has 0 radical (unpaired) electrons. The van der Waals surface area contributed by atoms with Gasteiger partial charge >= 0.3 is 0 Å². The molecule has 4 rings (SSSR count). The fraction of sp³-hybridized carbons (Fsp3) is 0.263. The minimum Gasteiger partial charge on any atom is -0.339 e. The summed E-state index contributed by atoms with van der Waals surface area (Å²) in [6.07, 6.45) is 0. The molecular formula is C19H20N6O. The molecule has 0 spiro atoms. The molecule has 0 unspecified atom stereocenters. The number of aromatic nitrogens is 4. The molecular weight excluding hydrogens is 328 g/mol. The minimum atomic E-state index is -0.0649. The van der Waals surface area contributed by atoms with E-state index in [1.807, 2.05) is 48.5 Å². The van der Waals surface area contributed by atoms with Crippen LogP contribution in [0.1, 0.15) is 11.5 Å². The maximum absolute atomic E-state index is 12.6. The lowest BCUT2D eigenvalue weighted by Gasteiger charge is -2.16. The van der Waals surface area contributed by atoms with Crippen LogP contribution in [0.5, 0.6) is 0 Å². The lowest BCUT2D eigenvalue weighted by Crippen LogP contribution is -2.34. The van der Waals surface area contributed by atoms with Gasteiger partial charge in [-0.15, -0.1) is 10.2 Å². The molecule has 2 aromatic carbocycles. The molecule has 0 aliphatic carbocycles. The van der Waals surface area contributed by atoms with Gasteiger partial charge in [-0.25, -0.2) is 0 Å². The highest BCUT2D eigenvalue weighted by molar-refractivity contribution is 5.76. The van der Waals surface area contributed by atoms with Crippen molar-refractivity contribution in [1.82, 2.24) is 25.1 Å². The maximum Gasteiger partial charge on any atom is 0.246 e. The molecule has 1 amide bonds. The molecule has 7 heteroatoms. The lowest BCUT2D eigenvalue weighted by molar-refractivity contribution is -0.131. The first-order chi connectivity index (χ1) is 12.7. The van der Waals surface area contributed by atoms with Gasteiger partial charge in [-0.3, -0.25) is 4.79 Å². The number of hydrogen-bond acceptors (Lipinski definition) is 5. The summed E-state index contributed by atoms with van der Waals surface area (Å²) in [7, 11) is 0. The lowest BCUT2D eigenvalue weighted by atomic mass is 9.95. The van der Waals surface area contributed by atoms with Crippen LogP contribution in [0.15, 0.2) is 60.7 Å². The van der Waals surface area contributed by atoms with Crippen molar-refractivity contribution in [3.63, 3.8) is 0 Å². The van der Waals surface area contributed by atoms with E-state index >= 15 is 0 Å². The Kier molecular flexibility index (Phi) is 4.45. The monoisotopic (exact) mass is 348 g/mol. The van der Waals surface area contributed by atoms with Crippen molar-refractivity contribution in [2.24, 2.45) is 5.73 Å². The van der Waals surface area contributed by atoms with Gasteiger partial charge in [0, 0.05) is 30.6 Å². The molecule has 7 nitrogen and oxygen atoms in total. The van der Waals surface area contributed by atoms with Gasteiger partial charge in [0.2, 0.25) is 11.7 Å². The Morgan fingerprint density at radius 3 is 2.46 bits per heavy atom. The van der Waals surface area contributed by atoms with Crippen LogP contribution in [0.25, 0.3) is 11.4 Å². The van der Waals surface area contributed by atoms with Crippen LogP contribution in [0.2, 0.25) is 0 Å². The van der Waals surface area contributed by atoms with E-state index in [9.17, 15) is 4.79 Å². The Labute approximate surface area is 151 Å². The number of nitrogens with zero attached hydrogens (tertiary/aromatic N) is 5. The van der Waals surface area contributed by atoms with E-state index in [0.717, 1.165) is 5.56 Å². The quantitative estimate of drug-likeness (QED) is 0.767. The SMILES string of the molecule is N[C@@H]1CN(C(=O)Cn2nnc(-c3ccccc3)n2)C[C@H]1c1ccccc1. The average molecular weight is 348 g/mol. The largest absolute Gasteiger partial charge is 0.339 e. The van der Waals surface area contributed by atoms with E-state index in [-0.39, 0.29) is 24.4 Å². The van der Waals surface area contributed by atoms with Crippen LogP contribution in [-0.2, 0) is 11.3 Å². The van der Waals surface area contributed by atoms with Gasteiger partial charge in [0.05, 0.1) is 0 Å². The van der Waals surface area contributed by atoms with E-state index < -0.39 is 0 Å². The molecule has 1 fully saturated rings. The van der Waals surface area contributed by atoms with Crippen molar-refractivity contribution in [3.05, 3.63) is 66.2 Å². The number of carbonyl (C=O) groups is 1. The summed E-state index contributed by atoms with van der Waals surface area (Å²) in [6.45, 7) is 1.22. The average Bonchev–Trinajstić information content (AvgIpc) is 3.30. The normalized spacial score (nSPS) is 19.7. The second kappa shape index (κ2) is 7.05. The highest BCUT2D eigenvalue weighted by Gasteiger charge is 2.34. The summed E-state index contributed by atoms with van der Waals surface area (Å²) in [5.74, 6) is 0.623. The zero-order chi connectivity index (χ0) is 17.9. The van der Waals surface area contributed by atoms with E-state index in [2.05, 4.69) is 27.5 Å². The molecule has 1 aromatic heterocycles. The number of tetrazole rings is 1. The molecule has 1 aliphatic rings. The third-order valence-electron chi connectivity index (χ3n) is 4.71. The molecule has 3 aromatic rings. The van der Waals surface area contributed by atoms with Gasteiger partial charge in [-0.1, -0.05) is 60.7 Å². The summed E-state index contributed by atoms with van der Waals surface area (Å²) in [5.41, 5.74) is 8.31. The fourth-order valence-electron chi connectivity index (χ4n) is 3.32. The van der Waals surface area contributed by atoms with Crippen LogP contribution in [0.3, 0.4) is 0 Å². The molecule has 0 bridgehead atoms. The predicted octanol–water partition coefficient (Wildman–Crippen LogP) is 1.29. The van der Waals surface area contributed by atoms with E-state index in [1.54, 1.807) is 4.90 Å². The van der Waals surface area contributed by atoms with E-state index in [1.165, 1.54) is 10.4 Å². The molecule has 1 saturated heterocycles. The Morgan fingerprint density at radius 1 is 1.04 bits per heavy atom. The summed E-state index contributed by atoms with van der Waals surface area (Å²) >= 11 is 0. The Balaban J connectivity index is 1.42. The number of hydrogen-bond donors (Lipinski definition) is 1. The van der Waals surface area contributed by atoms with Crippen molar-refractivity contribution in [2.75, 3.05) is 13.1 Å². The highest BCUT2D eigenvalue weighted by Crippen LogP contribution is 2.26. The molecule has 2 atom stereocenters. The Morgan fingerprint density at radius 2 is 1.73 bits per heavy atom. The minimum absolute atomic E-state index is 0.0455. The van der Waals surface area contributed by atoms with Crippen LogP contribution in [0.4, 0.5) is 0 Å². The molecule has 26 heavy (non-hydrogen) atoms. The summed E-state index contributed by atoms with van der Waals surface area (Å²) in [6, 6.07) is 19.6. The van der Waals surface area contributed by atoms with Crippen LogP contribution < -0.4 is 5.73 Å².